The number of hydrogen-bond donors (Lipinski definition) is 1. The van der Waals surface area contributed by atoms with Crippen molar-refractivity contribution in [1.29, 1.82) is 0 Å². The fourth-order valence-corrected chi connectivity index (χ4v) is 3.48. The first-order valence-corrected chi connectivity index (χ1v) is 9.19. The molecule has 23 heavy (non-hydrogen) atoms. The van der Waals surface area contributed by atoms with Crippen LogP contribution >= 0.6 is 0 Å². The maximum atomic E-state index is 12.5. The Kier molecular flexibility index (Phi) is 5.74. The van der Waals surface area contributed by atoms with Gasteiger partial charge in [-0.2, -0.15) is 0 Å². The summed E-state index contributed by atoms with van der Waals surface area (Å²) in [6, 6.07) is 16.5. The SMILES string of the molecule is Cc1ccc(S(=O)(=O)NC(/C=C/c2ccccc2)C(C)C)cc1. The summed E-state index contributed by atoms with van der Waals surface area (Å²) in [6.07, 6.45) is 3.86. The second kappa shape index (κ2) is 7.57. The van der Waals surface area contributed by atoms with E-state index in [1.54, 1.807) is 24.3 Å². The fourth-order valence-electron chi connectivity index (χ4n) is 2.14. The van der Waals surface area contributed by atoms with Crippen LogP contribution in [0.3, 0.4) is 0 Å². The number of hydrogen-bond acceptors (Lipinski definition) is 2. The van der Waals surface area contributed by atoms with Gasteiger partial charge < -0.3 is 0 Å². The van der Waals surface area contributed by atoms with E-state index in [0.717, 1.165) is 11.1 Å². The molecule has 4 heteroatoms. The number of benzene rings is 2. The Bertz CT molecular complexity index is 748. The van der Waals surface area contributed by atoms with Crippen LogP contribution in [0.4, 0.5) is 0 Å². The van der Waals surface area contributed by atoms with E-state index in [2.05, 4.69) is 4.72 Å². The summed E-state index contributed by atoms with van der Waals surface area (Å²) < 4.78 is 27.8. The van der Waals surface area contributed by atoms with Crippen molar-refractivity contribution in [2.45, 2.75) is 31.7 Å². The zero-order valence-electron chi connectivity index (χ0n) is 13.7. The highest BCUT2D eigenvalue weighted by Crippen LogP contribution is 2.14. The van der Waals surface area contributed by atoms with Crippen LogP contribution in [0.25, 0.3) is 6.08 Å². The lowest BCUT2D eigenvalue weighted by atomic mass is 10.0. The van der Waals surface area contributed by atoms with Gasteiger partial charge in [-0.25, -0.2) is 13.1 Å². The van der Waals surface area contributed by atoms with E-state index in [1.165, 1.54) is 0 Å². The highest BCUT2D eigenvalue weighted by molar-refractivity contribution is 7.89. The third kappa shape index (κ3) is 5.05. The van der Waals surface area contributed by atoms with Crippen molar-refractivity contribution in [2.75, 3.05) is 0 Å². The minimum absolute atomic E-state index is 0.148. The molecule has 0 saturated carbocycles. The topological polar surface area (TPSA) is 46.2 Å². The van der Waals surface area contributed by atoms with Crippen LogP contribution in [0.1, 0.15) is 25.0 Å². The summed E-state index contributed by atoms with van der Waals surface area (Å²) in [5.41, 5.74) is 2.08. The van der Waals surface area contributed by atoms with Gasteiger partial charge in [0.05, 0.1) is 4.90 Å². The quantitative estimate of drug-likeness (QED) is 0.870. The van der Waals surface area contributed by atoms with Crippen LogP contribution in [0.2, 0.25) is 0 Å². The lowest BCUT2D eigenvalue weighted by molar-refractivity contribution is 0.510. The van der Waals surface area contributed by atoms with Crippen LogP contribution in [0, 0.1) is 12.8 Å². The van der Waals surface area contributed by atoms with Crippen molar-refractivity contribution in [2.24, 2.45) is 5.92 Å². The van der Waals surface area contributed by atoms with Gasteiger partial charge >= 0.3 is 0 Å². The monoisotopic (exact) mass is 329 g/mol. The van der Waals surface area contributed by atoms with Gasteiger partial charge in [-0.3, -0.25) is 0 Å². The second-order valence-electron chi connectivity index (χ2n) is 5.97. The van der Waals surface area contributed by atoms with Gasteiger partial charge in [0, 0.05) is 6.04 Å². The van der Waals surface area contributed by atoms with Gasteiger partial charge in [-0.05, 0) is 30.5 Å². The Morgan fingerprint density at radius 1 is 0.957 bits per heavy atom. The molecule has 0 fully saturated rings. The number of rotatable bonds is 6. The van der Waals surface area contributed by atoms with Crippen LogP contribution in [-0.4, -0.2) is 14.5 Å². The second-order valence-corrected chi connectivity index (χ2v) is 7.69. The molecule has 0 amide bonds. The zero-order chi connectivity index (χ0) is 16.9. The molecular weight excluding hydrogens is 306 g/mol. The van der Waals surface area contributed by atoms with Gasteiger partial charge in [0.1, 0.15) is 0 Å². The minimum Gasteiger partial charge on any atom is -0.207 e. The standard InChI is InChI=1S/C19H23NO2S/c1-15(2)19(14-11-17-7-5-4-6-8-17)20-23(21,22)18-12-9-16(3)10-13-18/h4-15,19-20H,1-3H3/b14-11+. The van der Waals surface area contributed by atoms with E-state index < -0.39 is 10.0 Å². The predicted molar refractivity (Wildman–Crippen MR) is 95.6 cm³/mol. The molecule has 2 aromatic carbocycles. The third-order valence-corrected chi connectivity index (χ3v) is 5.11. The van der Waals surface area contributed by atoms with Crippen molar-refractivity contribution < 1.29 is 8.42 Å². The van der Waals surface area contributed by atoms with Crippen LogP contribution < -0.4 is 4.72 Å². The Morgan fingerprint density at radius 2 is 1.57 bits per heavy atom. The van der Waals surface area contributed by atoms with Crippen LogP contribution in [0.5, 0.6) is 0 Å². The summed E-state index contributed by atoms with van der Waals surface area (Å²) in [5.74, 6) is 0.148. The van der Waals surface area contributed by atoms with Crippen molar-refractivity contribution in [3.8, 4) is 0 Å². The minimum atomic E-state index is -3.53. The molecule has 1 N–H and O–H groups in total. The van der Waals surface area contributed by atoms with Crippen LogP contribution in [-0.2, 0) is 10.0 Å². The summed E-state index contributed by atoms with van der Waals surface area (Å²) >= 11 is 0. The highest BCUT2D eigenvalue weighted by Gasteiger charge is 2.20. The van der Waals surface area contributed by atoms with Crippen molar-refractivity contribution in [3.63, 3.8) is 0 Å². The Morgan fingerprint density at radius 3 is 2.13 bits per heavy atom. The first kappa shape index (κ1) is 17.4. The average molecular weight is 329 g/mol. The molecular formula is C19H23NO2S. The van der Waals surface area contributed by atoms with E-state index in [4.69, 9.17) is 0 Å². The molecule has 0 aromatic heterocycles. The Hall–Kier alpha value is -1.91. The number of sulfonamides is 1. The van der Waals surface area contributed by atoms with Gasteiger partial charge in [0.15, 0.2) is 0 Å². The summed E-state index contributed by atoms with van der Waals surface area (Å²) in [5, 5.41) is 0. The van der Waals surface area contributed by atoms with Gasteiger partial charge in [0.2, 0.25) is 10.0 Å². The first-order valence-electron chi connectivity index (χ1n) is 7.71. The molecule has 3 nitrogen and oxygen atoms in total. The maximum Gasteiger partial charge on any atom is 0.241 e. The molecule has 2 aromatic rings. The molecule has 2 rings (SSSR count). The summed E-state index contributed by atoms with van der Waals surface area (Å²) in [6.45, 7) is 5.93. The van der Waals surface area contributed by atoms with E-state index in [1.807, 2.05) is 63.3 Å². The van der Waals surface area contributed by atoms with Crippen molar-refractivity contribution >= 4 is 16.1 Å². The maximum absolute atomic E-state index is 12.5. The summed E-state index contributed by atoms with van der Waals surface area (Å²) in [7, 11) is -3.53. The molecule has 0 aliphatic carbocycles. The molecule has 0 aliphatic rings. The van der Waals surface area contributed by atoms with E-state index >= 15 is 0 Å². The Balaban J connectivity index is 2.19. The number of aryl methyl sites for hydroxylation is 1. The molecule has 0 spiro atoms. The average Bonchev–Trinajstić information content (AvgIpc) is 2.52. The largest absolute Gasteiger partial charge is 0.241 e. The fraction of sp³-hybridized carbons (Fsp3) is 0.263. The molecule has 0 bridgehead atoms. The predicted octanol–water partition coefficient (Wildman–Crippen LogP) is 4.01. The number of nitrogens with one attached hydrogen (secondary N) is 1. The molecule has 1 atom stereocenters. The molecule has 122 valence electrons. The lowest BCUT2D eigenvalue weighted by Gasteiger charge is -2.19. The third-order valence-electron chi connectivity index (χ3n) is 3.64. The van der Waals surface area contributed by atoms with Gasteiger partial charge in [0.25, 0.3) is 0 Å². The lowest BCUT2D eigenvalue weighted by Crippen LogP contribution is -2.37. The van der Waals surface area contributed by atoms with Crippen LogP contribution in [0.15, 0.2) is 65.6 Å². The summed E-state index contributed by atoms with van der Waals surface area (Å²) in [4.78, 5) is 0.293. The van der Waals surface area contributed by atoms with Crippen molar-refractivity contribution in [1.82, 2.24) is 4.72 Å². The van der Waals surface area contributed by atoms with Gasteiger partial charge in [-0.15, -0.1) is 0 Å². The van der Waals surface area contributed by atoms with Gasteiger partial charge in [-0.1, -0.05) is 74.0 Å². The van der Waals surface area contributed by atoms with E-state index in [-0.39, 0.29) is 12.0 Å². The highest BCUT2D eigenvalue weighted by atomic mass is 32.2. The molecule has 0 heterocycles. The molecule has 0 radical (unpaired) electrons. The van der Waals surface area contributed by atoms with E-state index in [9.17, 15) is 8.42 Å². The first-order chi connectivity index (χ1) is 10.9. The molecule has 1 unspecified atom stereocenters. The Labute approximate surface area is 139 Å². The smallest absolute Gasteiger partial charge is 0.207 e. The normalized spacial score (nSPS) is 13.6. The molecule has 0 aliphatic heterocycles. The molecule has 0 saturated heterocycles. The zero-order valence-corrected chi connectivity index (χ0v) is 14.5. The van der Waals surface area contributed by atoms with Crippen molar-refractivity contribution in [3.05, 3.63) is 71.8 Å². The van der Waals surface area contributed by atoms with E-state index in [0.29, 0.717) is 4.90 Å².